The van der Waals surface area contributed by atoms with Gasteiger partial charge in [-0.15, -0.1) is 0 Å². The maximum absolute atomic E-state index is 12.2. The van der Waals surface area contributed by atoms with Gasteiger partial charge in [0.25, 0.3) is 0 Å². The number of nitrogen functional groups attached to an aromatic ring is 1. The van der Waals surface area contributed by atoms with Gasteiger partial charge < -0.3 is 10.7 Å². The third-order valence-corrected chi connectivity index (χ3v) is 3.54. The second kappa shape index (κ2) is 4.94. The number of aromatic amines is 2. The fraction of sp³-hybridized carbons (Fsp3) is 0.125. The van der Waals surface area contributed by atoms with Crippen LogP contribution in [-0.2, 0) is 0 Å². The van der Waals surface area contributed by atoms with E-state index >= 15 is 0 Å². The molecule has 2 heterocycles. The SMILES string of the molecule is Cc1cc(=O)c(-c2[nH]nc(N)c2-c2ccccc2C)c[nH]1. The predicted molar refractivity (Wildman–Crippen MR) is 84.0 cm³/mol. The molecule has 3 rings (SSSR count). The van der Waals surface area contributed by atoms with E-state index in [2.05, 4.69) is 15.2 Å². The molecule has 5 heteroatoms. The standard InChI is InChI=1S/C16H16N4O/c1-9-5-3-4-6-11(9)14-15(19-20-16(14)17)12-8-18-10(2)7-13(12)21/h3-8H,1-2H3,(H,18,21)(H3,17,19,20). The van der Waals surface area contributed by atoms with Gasteiger partial charge in [0.05, 0.1) is 16.8 Å². The quantitative estimate of drug-likeness (QED) is 0.674. The zero-order chi connectivity index (χ0) is 15.0. The highest BCUT2D eigenvalue weighted by Gasteiger charge is 2.18. The first-order valence-electron chi connectivity index (χ1n) is 6.67. The van der Waals surface area contributed by atoms with Crippen molar-refractivity contribution < 1.29 is 0 Å². The molecule has 0 bridgehead atoms. The van der Waals surface area contributed by atoms with Crippen LogP contribution in [0.2, 0.25) is 0 Å². The summed E-state index contributed by atoms with van der Waals surface area (Å²) in [5.41, 5.74) is 10.7. The smallest absolute Gasteiger partial charge is 0.191 e. The van der Waals surface area contributed by atoms with Gasteiger partial charge in [0.1, 0.15) is 0 Å². The monoisotopic (exact) mass is 280 g/mol. The Morgan fingerprint density at radius 2 is 1.90 bits per heavy atom. The Balaban J connectivity index is 2.27. The molecule has 0 atom stereocenters. The van der Waals surface area contributed by atoms with E-state index in [1.807, 2.05) is 38.1 Å². The highest BCUT2D eigenvalue weighted by atomic mass is 16.1. The number of nitrogens with one attached hydrogen (secondary N) is 2. The molecule has 3 aromatic rings. The molecule has 0 saturated carbocycles. The van der Waals surface area contributed by atoms with Crippen LogP contribution in [0.5, 0.6) is 0 Å². The molecule has 0 aliphatic carbocycles. The van der Waals surface area contributed by atoms with E-state index in [1.54, 1.807) is 12.3 Å². The molecular weight excluding hydrogens is 264 g/mol. The Labute approximate surface area is 121 Å². The van der Waals surface area contributed by atoms with Gasteiger partial charge in [0, 0.05) is 18.0 Å². The molecule has 21 heavy (non-hydrogen) atoms. The maximum atomic E-state index is 12.2. The lowest BCUT2D eigenvalue weighted by atomic mass is 9.97. The number of aromatic nitrogens is 3. The van der Waals surface area contributed by atoms with Crippen molar-refractivity contribution in [2.45, 2.75) is 13.8 Å². The minimum absolute atomic E-state index is 0.0651. The average Bonchev–Trinajstić information content (AvgIpc) is 2.81. The average molecular weight is 280 g/mol. The largest absolute Gasteiger partial charge is 0.382 e. The number of nitrogens with two attached hydrogens (primary N) is 1. The second-order valence-electron chi connectivity index (χ2n) is 5.07. The molecule has 106 valence electrons. The van der Waals surface area contributed by atoms with Crippen molar-refractivity contribution in [3.05, 3.63) is 58.0 Å². The first-order chi connectivity index (χ1) is 10.1. The number of nitrogens with zero attached hydrogens (tertiary/aromatic N) is 1. The number of benzene rings is 1. The van der Waals surface area contributed by atoms with Crippen LogP contribution in [0.15, 0.2) is 41.3 Å². The molecule has 0 unspecified atom stereocenters. The molecule has 0 amide bonds. The van der Waals surface area contributed by atoms with Crippen LogP contribution >= 0.6 is 0 Å². The van der Waals surface area contributed by atoms with Gasteiger partial charge in [-0.05, 0) is 25.0 Å². The summed E-state index contributed by atoms with van der Waals surface area (Å²) in [6.07, 6.45) is 1.69. The summed E-state index contributed by atoms with van der Waals surface area (Å²) < 4.78 is 0. The van der Waals surface area contributed by atoms with Gasteiger partial charge in [-0.3, -0.25) is 9.89 Å². The lowest BCUT2D eigenvalue weighted by Crippen LogP contribution is -2.06. The normalized spacial score (nSPS) is 10.8. The summed E-state index contributed by atoms with van der Waals surface area (Å²) in [5.74, 6) is 0.388. The van der Waals surface area contributed by atoms with Crippen molar-refractivity contribution in [3.8, 4) is 22.4 Å². The second-order valence-corrected chi connectivity index (χ2v) is 5.07. The molecule has 0 fully saturated rings. The van der Waals surface area contributed by atoms with Crippen LogP contribution in [0, 0.1) is 13.8 Å². The highest BCUT2D eigenvalue weighted by Crippen LogP contribution is 2.34. The van der Waals surface area contributed by atoms with Crippen LogP contribution in [0.1, 0.15) is 11.3 Å². The predicted octanol–water partition coefficient (Wildman–Crippen LogP) is 2.63. The fourth-order valence-corrected chi connectivity index (χ4v) is 2.45. The summed E-state index contributed by atoms with van der Waals surface area (Å²) in [6.45, 7) is 3.85. The molecule has 1 aromatic carbocycles. The van der Waals surface area contributed by atoms with Crippen molar-refractivity contribution in [3.63, 3.8) is 0 Å². The maximum Gasteiger partial charge on any atom is 0.191 e. The van der Waals surface area contributed by atoms with E-state index in [9.17, 15) is 4.79 Å². The molecular formula is C16H16N4O. The van der Waals surface area contributed by atoms with Gasteiger partial charge in [-0.25, -0.2) is 0 Å². The van der Waals surface area contributed by atoms with Crippen molar-refractivity contribution in [1.82, 2.24) is 15.2 Å². The summed E-state index contributed by atoms with van der Waals surface area (Å²) in [7, 11) is 0. The number of pyridine rings is 1. The summed E-state index contributed by atoms with van der Waals surface area (Å²) >= 11 is 0. The lowest BCUT2D eigenvalue weighted by Gasteiger charge is -2.07. The third kappa shape index (κ3) is 2.23. The van der Waals surface area contributed by atoms with Crippen LogP contribution in [0.4, 0.5) is 5.82 Å². The molecule has 0 aliphatic rings. The number of H-pyrrole nitrogens is 2. The molecule has 0 aliphatic heterocycles. The zero-order valence-corrected chi connectivity index (χ0v) is 11.9. The lowest BCUT2D eigenvalue weighted by molar-refractivity contribution is 1.09. The summed E-state index contributed by atoms with van der Waals surface area (Å²) in [6, 6.07) is 9.45. The van der Waals surface area contributed by atoms with E-state index in [0.29, 0.717) is 17.1 Å². The van der Waals surface area contributed by atoms with Crippen LogP contribution in [-0.4, -0.2) is 15.2 Å². The molecule has 4 N–H and O–H groups in total. The number of aryl methyl sites for hydroxylation is 2. The van der Waals surface area contributed by atoms with Gasteiger partial charge >= 0.3 is 0 Å². The first kappa shape index (κ1) is 13.2. The number of hydrogen-bond acceptors (Lipinski definition) is 3. The van der Waals surface area contributed by atoms with E-state index < -0.39 is 0 Å². The Bertz CT molecular complexity index is 861. The molecule has 0 saturated heterocycles. The summed E-state index contributed by atoms with van der Waals surface area (Å²) in [4.78, 5) is 15.3. The minimum atomic E-state index is -0.0651. The first-order valence-corrected chi connectivity index (χ1v) is 6.67. The van der Waals surface area contributed by atoms with Gasteiger partial charge in [-0.1, -0.05) is 24.3 Å². The summed E-state index contributed by atoms with van der Waals surface area (Å²) in [5, 5.41) is 6.96. The fourth-order valence-electron chi connectivity index (χ4n) is 2.45. The Kier molecular flexibility index (Phi) is 3.10. The Morgan fingerprint density at radius 3 is 2.62 bits per heavy atom. The molecule has 2 aromatic heterocycles. The van der Waals surface area contributed by atoms with Crippen LogP contribution in [0.3, 0.4) is 0 Å². The van der Waals surface area contributed by atoms with Crippen molar-refractivity contribution >= 4 is 5.82 Å². The number of rotatable bonds is 2. The number of hydrogen-bond donors (Lipinski definition) is 3. The van der Waals surface area contributed by atoms with E-state index in [-0.39, 0.29) is 5.43 Å². The van der Waals surface area contributed by atoms with E-state index in [0.717, 1.165) is 22.4 Å². The minimum Gasteiger partial charge on any atom is -0.382 e. The van der Waals surface area contributed by atoms with E-state index in [4.69, 9.17) is 5.73 Å². The zero-order valence-electron chi connectivity index (χ0n) is 11.9. The van der Waals surface area contributed by atoms with Crippen molar-refractivity contribution in [2.24, 2.45) is 0 Å². The highest BCUT2D eigenvalue weighted by molar-refractivity contribution is 5.88. The van der Waals surface area contributed by atoms with Gasteiger partial charge in [0.15, 0.2) is 11.2 Å². The number of anilines is 1. The molecule has 0 radical (unpaired) electrons. The van der Waals surface area contributed by atoms with E-state index in [1.165, 1.54) is 0 Å². The van der Waals surface area contributed by atoms with Crippen molar-refractivity contribution in [1.29, 1.82) is 0 Å². The Morgan fingerprint density at radius 1 is 1.14 bits per heavy atom. The van der Waals surface area contributed by atoms with Gasteiger partial charge in [0.2, 0.25) is 0 Å². The molecule has 0 spiro atoms. The Hall–Kier alpha value is -2.82. The van der Waals surface area contributed by atoms with Gasteiger partial charge in [-0.2, -0.15) is 5.10 Å². The van der Waals surface area contributed by atoms with Crippen molar-refractivity contribution in [2.75, 3.05) is 5.73 Å². The van der Waals surface area contributed by atoms with Crippen LogP contribution < -0.4 is 11.2 Å². The molecule has 5 nitrogen and oxygen atoms in total. The third-order valence-electron chi connectivity index (χ3n) is 3.54. The topological polar surface area (TPSA) is 87.6 Å². The van der Waals surface area contributed by atoms with Crippen LogP contribution in [0.25, 0.3) is 22.4 Å².